The van der Waals surface area contributed by atoms with E-state index < -0.39 is 0 Å². The van der Waals surface area contributed by atoms with Gasteiger partial charge in [-0.1, -0.05) is 180 Å². The van der Waals surface area contributed by atoms with Gasteiger partial charge in [-0.2, -0.15) is 0 Å². The SMILES string of the molecule is CC(C)(C)c1ccc(-c2c(I)c(-c3ccc(C(C)(C)C)cc3)c(-c3ccc(C(C)(C)C)cc3)c(I)c2-c2ccc(C(C)(C)C)cc2)cc1. The maximum Gasteiger partial charge on any atom is 0.0300 e. The van der Waals surface area contributed by atoms with Gasteiger partial charge in [0, 0.05) is 29.4 Å². The first-order chi connectivity index (χ1) is 22.2. The monoisotopic (exact) mass is 858 g/mol. The van der Waals surface area contributed by atoms with Gasteiger partial charge in [-0.05, 0) is 111 Å². The van der Waals surface area contributed by atoms with Crippen molar-refractivity contribution in [2.45, 2.75) is 105 Å². The second-order valence-electron chi connectivity index (χ2n) is 17.4. The third-order valence-electron chi connectivity index (χ3n) is 9.54. The van der Waals surface area contributed by atoms with Crippen LogP contribution in [0.4, 0.5) is 0 Å². The normalized spacial score (nSPS) is 12.8. The van der Waals surface area contributed by atoms with Gasteiger partial charge in [0.25, 0.3) is 0 Å². The largest absolute Gasteiger partial charge is 0.0579 e. The molecule has 0 heterocycles. The standard InChI is InChI=1S/C46H52I2/c1-43(2,3)33-21-13-29(14-22-33)37-38(30-15-23-34(24-16-30)44(4,5)6)42(48)40(32-19-27-36(28-20-32)46(10,11)12)39(41(37)47)31-17-25-35(26-18-31)45(7,8)9/h13-28H,1-12H3. The summed E-state index contributed by atoms with van der Waals surface area (Å²) in [6.07, 6.45) is 0. The Balaban J connectivity index is 1.89. The summed E-state index contributed by atoms with van der Waals surface area (Å²) in [6, 6.07) is 37.3. The van der Waals surface area contributed by atoms with Gasteiger partial charge in [0.15, 0.2) is 0 Å². The third kappa shape index (κ3) is 7.65. The van der Waals surface area contributed by atoms with Gasteiger partial charge in [0.1, 0.15) is 0 Å². The number of hydrogen-bond acceptors (Lipinski definition) is 0. The Morgan fingerprint density at radius 2 is 0.417 bits per heavy atom. The Morgan fingerprint density at radius 3 is 0.542 bits per heavy atom. The Bertz CT molecular complexity index is 1610. The molecule has 0 aliphatic heterocycles. The Hall–Kier alpha value is -2.44. The molecule has 0 spiro atoms. The Kier molecular flexibility index (Phi) is 10.2. The average molecular weight is 859 g/mol. The summed E-state index contributed by atoms with van der Waals surface area (Å²) < 4.78 is 2.56. The fourth-order valence-corrected chi connectivity index (χ4v) is 8.65. The van der Waals surface area contributed by atoms with E-state index in [1.165, 1.54) is 73.9 Å². The van der Waals surface area contributed by atoms with Crippen molar-refractivity contribution < 1.29 is 0 Å². The molecule has 5 aromatic carbocycles. The average Bonchev–Trinajstić information content (AvgIpc) is 3.00. The molecule has 0 fully saturated rings. The van der Waals surface area contributed by atoms with Crippen LogP contribution in [0.25, 0.3) is 44.5 Å². The zero-order valence-corrected chi connectivity index (χ0v) is 35.3. The Morgan fingerprint density at radius 1 is 0.271 bits per heavy atom. The number of halogens is 2. The summed E-state index contributed by atoms with van der Waals surface area (Å²) in [4.78, 5) is 0. The first-order valence-electron chi connectivity index (χ1n) is 17.2. The predicted octanol–water partition coefficient (Wildman–Crippen LogP) is 14.8. The highest BCUT2D eigenvalue weighted by Gasteiger charge is 2.27. The van der Waals surface area contributed by atoms with Crippen molar-refractivity contribution in [3.63, 3.8) is 0 Å². The van der Waals surface area contributed by atoms with Gasteiger partial charge >= 0.3 is 0 Å². The molecule has 0 bridgehead atoms. The molecule has 2 heteroatoms. The lowest BCUT2D eigenvalue weighted by Gasteiger charge is -2.26. The molecule has 5 aromatic rings. The van der Waals surface area contributed by atoms with E-state index in [1.807, 2.05) is 0 Å². The second-order valence-corrected chi connectivity index (χ2v) is 19.6. The molecule has 0 N–H and O–H groups in total. The summed E-state index contributed by atoms with van der Waals surface area (Å²) in [5, 5.41) is 0. The van der Waals surface area contributed by atoms with Crippen LogP contribution in [-0.2, 0) is 21.7 Å². The van der Waals surface area contributed by atoms with Crippen molar-refractivity contribution in [2.24, 2.45) is 0 Å². The fourth-order valence-electron chi connectivity index (χ4n) is 6.32. The van der Waals surface area contributed by atoms with E-state index in [1.54, 1.807) is 0 Å². The highest BCUT2D eigenvalue weighted by atomic mass is 127. The van der Waals surface area contributed by atoms with Gasteiger partial charge < -0.3 is 0 Å². The fraction of sp³-hybridized carbons (Fsp3) is 0.348. The summed E-state index contributed by atoms with van der Waals surface area (Å²) >= 11 is 5.31. The number of rotatable bonds is 4. The number of hydrogen-bond donors (Lipinski definition) is 0. The van der Waals surface area contributed by atoms with Crippen LogP contribution in [0.2, 0.25) is 0 Å². The lowest BCUT2D eigenvalue weighted by atomic mass is 9.81. The van der Waals surface area contributed by atoms with Crippen molar-refractivity contribution in [1.82, 2.24) is 0 Å². The molecule has 0 aromatic heterocycles. The van der Waals surface area contributed by atoms with Crippen LogP contribution in [-0.4, -0.2) is 0 Å². The highest BCUT2D eigenvalue weighted by molar-refractivity contribution is 14.1. The molecule has 0 saturated carbocycles. The first kappa shape index (κ1) is 36.8. The molecular formula is C46H52I2. The molecular weight excluding hydrogens is 806 g/mol. The summed E-state index contributed by atoms with van der Waals surface area (Å²) in [5.74, 6) is 0. The van der Waals surface area contributed by atoms with Crippen LogP contribution < -0.4 is 0 Å². The van der Waals surface area contributed by atoms with Crippen molar-refractivity contribution >= 4 is 45.2 Å². The highest BCUT2D eigenvalue weighted by Crippen LogP contribution is 2.50. The van der Waals surface area contributed by atoms with Crippen molar-refractivity contribution in [3.05, 3.63) is 126 Å². The minimum atomic E-state index is 0.0920. The zero-order valence-electron chi connectivity index (χ0n) is 31.0. The maximum absolute atomic E-state index is 2.65. The minimum absolute atomic E-state index is 0.0920. The van der Waals surface area contributed by atoms with Gasteiger partial charge in [0.2, 0.25) is 0 Å². The Labute approximate surface area is 318 Å². The van der Waals surface area contributed by atoms with E-state index in [4.69, 9.17) is 0 Å². The van der Waals surface area contributed by atoms with Crippen LogP contribution in [0.3, 0.4) is 0 Å². The molecule has 0 amide bonds. The van der Waals surface area contributed by atoms with Crippen LogP contribution in [0, 0.1) is 7.14 Å². The molecule has 0 aliphatic carbocycles. The van der Waals surface area contributed by atoms with E-state index >= 15 is 0 Å². The molecule has 5 rings (SSSR count). The van der Waals surface area contributed by atoms with Crippen LogP contribution in [0.1, 0.15) is 105 Å². The molecule has 0 nitrogen and oxygen atoms in total. The van der Waals surface area contributed by atoms with Gasteiger partial charge in [-0.3, -0.25) is 0 Å². The van der Waals surface area contributed by atoms with Crippen molar-refractivity contribution in [2.75, 3.05) is 0 Å². The number of benzene rings is 5. The summed E-state index contributed by atoms with van der Waals surface area (Å²) in [6.45, 7) is 27.5. The molecule has 0 saturated heterocycles. The molecule has 0 aliphatic rings. The minimum Gasteiger partial charge on any atom is -0.0579 e. The van der Waals surface area contributed by atoms with Gasteiger partial charge in [-0.25, -0.2) is 0 Å². The lowest BCUT2D eigenvalue weighted by Crippen LogP contribution is -2.11. The molecule has 0 unspecified atom stereocenters. The van der Waals surface area contributed by atoms with E-state index in [0.29, 0.717) is 0 Å². The lowest BCUT2D eigenvalue weighted by molar-refractivity contribution is 0.590. The van der Waals surface area contributed by atoms with E-state index in [2.05, 4.69) is 225 Å². The van der Waals surface area contributed by atoms with E-state index in [-0.39, 0.29) is 21.7 Å². The maximum atomic E-state index is 2.65. The van der Waals surface area contributed by atoms with Crippen LogP contribution in [0.5, 0.6) is 0 Å². The molecule has 0 radical (unpaired) electrons. The van der Waals surface area contributed by atoms with Crippen LogP contribution in [0.15, 0.2) is 97.1 Å². The summed E-state index contributed by atoms with van der Waals surface area (Å²) in [7, 11) is 0. The van der Waals surface area contributed by atoms with E-state index in [0.717, 1.165) is 0 Å². The topological polar surface area (TPSA) is 0 Å². The smallest absolute Gasteiger partial charge is 0.0300 e. The first-order valence-corrected chi connectivity index (χ1v) is 19.3. The molecule has 250 valence electrons. The molecule has 48 heavy (non-hydrogen) atoms. The van der Waals surface area contributed by atoms with Gasteiger partial charge in [-0.15, -0.1) is 0 Å². The van der Waals surface area contributed by atoms with Gasteiger partial charge in [0.05, 0.1) is 0 Å². The predicted molar refractivity (Wildman–Crippen MR) is 228 cm³/mol. The summed E-state index contributed by atoms with van der Waals surface area (Å²) in [5.41, 5.74) is 16.0. The van der Waals surface area contributed by atoms with Crippen LogP contribution >= 0.6 is 45.2 Å². The second kappa shape index (κ2) is 13.4. The molecule has 0 atom stereocenters. The zero-order chi connectivity index (χ0) is 35.4. The van der Waals surface area contributed by atoms with Crippen molar-refractivity contribution in [3.8, 4) is 44.5 Å². The van der Waals surface area contributed by atoms with E-state index in [9.17, 15) is 0 Å². The van der Waals surface area contributed by atoms with Crippen molar-refractivity contribution in [1.29, 1.82) is 0 Å². The quantitative estimate of drug-likeness (QED) is 0.158. The third-order valence-corrected chi connectivity index (χ3v) is 11.7.